The van der Waals surface area contributed by atoms with Crippen molar-refractivity contribution in [2.24, 2.45) is 0 Å². The van der Waals surface area contributed by atoms with Crippen molar-refractivity contribution < 1.29 is 19.1 Å². The minimum atomic E-state index is -0.817. The molecule has 0 radical (unpaired) electrons. The molecular weight excluding hydrogens is 338 g/mol. The molecule has 140 valence electrons. The highest BCUT2D eigenvalue weighted by molar-refractivity contribution is 7.99. The zero-order valence-electron chi connectivity index (χ0n) is 16.1. The van der Waals surface area contributed by atoms with E-state index in [2.05, 4.69) is 29.6 Å². The maximum atomic E-state index is 12.2. The number of esters is 1. The summed E-state index contributed by atoms with van der Waals surface area (Å²) in [5.74, 6) is 0.226. The Morgan fingerprint density at radius 1 is 1.12 bits per heavy atom. The first-order valence-corrected chi connectivity index (χ1v) is 9.20. The van der Waals surface area contributed by atoms with E-state index in [0.29, 0.717) is 0 Å². The Morgan fingerprint density at radius 2 is 1.68 bits per heavy atom. The average molecular weight is 368 g/mol. The standard InChI is InChI=1S/C19H29NO4S/c1-13-8-10-14(11-9-13)12-25-19(5,6)15(16(21)23-7)20-17(22)24-18(2,3)4/h8-11,15H,12H2,1-7H3,(H,20,22). The highest BCUT2D eigenvalue weighted by Gasteiger charge is 2.38. The Morgan fingerprint density at radius 3 is 2.16 bits per heavy atom. The molecule has 1 aromatic rings. The molecule has 0 aliphatic rings. The number of amides is 1. The third-order valence-corrected chi connectivity index (χ3v) is 4.98. The number of thioether (sulfide) groups is 1. The highest BCUT2D eigenvalue weighted by atomic mass is 32.2. The van der Waals surface area contributed by atoms with Gasteiger partial charge in [0.05, 0.1) is 7.11 Å². The van der Waals surface area contributed by atoms with Crippen LogP contribution in [0.25, 0.3) is 0 Å². The van der Waals surface area contributed by atoms with Crippen LogP contribution in [-0.2, 0) is 20.0 Å². The van der Waals surface area contributed by atoms with Crippen LogP contribution in [0.5, 0.6) is 0 Å². The van der Waals surface area contributed by atoms with E-state index in [1.807, 2.05) is 20.8 Å². The SMILES string of the molecule is COC(=O)C(NC(=O)OC(C)(C)C)C(C)(C)SCc1ccc(C)cc1. The van der Waals surface area contributed by atoms with Crippen molar-refractivity contribution in [1.82, 2.24) is 5.32 Å². The van der Waals surface area contributed by atoms with Gasteiger partial charge in [-0.2, -0.15) is 0 Å². The minimum absolute atomic E-state index is 0.493. The lowest BCUT2D eigenvalue weighted by Gasteiger charge is -2.33. The molecule has 0 aliphatic heterocycles. The molecular formula is C19H29NO4S. The molecule has 6 heteroatoms. The molecule has 1 aromatic carbocycles. The number of alkyl carbamates (subject to hydrolysis) is 1. The van der Waals surface area contributed by atoms with Gasteiger partial charge in [-0.25, -0.2) is 9.59 Å². The van der Waals surface area contributed by atoms with Gasteiger partial charge in [0.15, 0.2) is 0 Å². The van der Waals surface area contributed by atoms with Crippen molar-refractivity contribution >= 4 is 23.8 Å². The average Bonchev–Trinajstić information content (AvgIpc) is 2.49. The quantitative estimate of drug-likeness (QED) is 0.768. The molecule has 0 bridgehead atoms. The van der Waals surface area contributed by atoms with Gasteiger partial charge in [-0.3, -0.25) is 0 Å². The maximum Gasteiger partial charge on any atom is 0.408 e. The second kappa shape index (κ2) is 8.61. The van der Waals surface area contributed by atoms with Crippen molar-refractivity contribution in [1.29, 1.82) is 0 Å². The van der Waals surface area contributed by atoms with Gasteiger partial charge in [-0.05, 0) is 47.1 Å². The zero-order valence-corrected chi connectivity index (χ0v) is 17.0. The van der Waals surface area contributed by atoms with Gasteiger partial charge in [0.1, 0.15) is 11.6 Å². The number of nitrogens with one attached hydrogen (secondary N) is 1. The van der Waals surface area contributed by atoms with E-state index in [0.717, 1.165) is 11.3 Å². The van der Waals surface area contributed by atoms with Gasteiger partial charge < -0.3 is 14.8 Å². The topological polar surface area (TPSA) is 64.6 Å². The van der Waals surface area contributed by atoms with Gasteiger partial charge >= 0.3 is 12.1 Å². The number of rotatable bonds is 6. The normalized spacial score (nSPS) is 13.1. The van der Waals surface area contributed by atoms with Gasteiger partial charge in [-0.15, -0.1) is 11.8 Å². The van der Waals surface area contributed by atoms with Crippen LogP contribution in [0.15, 0.2) is 24.3 Å². The van der Waals surface area contributed by atoms with E-state index < -0.39 is 28.5 Å². The number of aryl methyl sites for hydroxylation is 1. The fraction of sp³-hybridized carbons (Fsp3) is 0.579. The number of methoxy groups -OCH3 is 1. The third-order valence-electron chi connectivity index (χ3n) is 3.52. The van der Waals surface area contributed by atoms with E-state index in [-0.39, 0.29) is 0 Å². The molecule has 0 saturated carbocycles. The largest absolute Gasteiger partial charge is 0.467 e. The maximum absolute atomic E-state index is 12.2. The lowest BCUT2D eigenvalue weighted by molar-refractivity contribution is -0.143. The molecule has 1 N–H and O–H groups in total. The summed E-state index contributed by atoms with van der Waals surface area (Å²) in [4.78, 5) is 24.3. The van der Waals surface area contributed by atoms with E-state index >= 15 is 0 Å². The summed E-state index contributed by atoms with van der Waals surface area (Å²) in [6, 6.07) is 7.42. The molecule has 0 aromatic heterocycles. The first-order valence-electron chi connectivity index (χ1n) is 8.21. The molecule has 25 heavy (non-hydrogen) atoms. The summed E-state index contributed by atoms with van der Waals surface area (Å²) in [5, 5.41) is 2.65. The molecule has 1 unspecified atom stereocenters. The Labute approximate surface area is 154 Å². The summed E-state index contributed by atoms with van der Waals surface area (Å²) in [7, 11) is 1.31. The fourth-order valence-electron chi connectivity index (χ4n) is 2.10. The van der Waals surface area contributed by atoms with Crippen LogP contribution in [0.3, 0.4) is 0 Å². The zero-order chi connectivity index (χ0) is 19.3. The molecule has 5 nitrogen and oxygen atoms in total. The summed E-state index contributed by atoms with van der Waals surface area (Å²) in [6.07, 6.45) is -0.632. The summed E-state index contributed by atoms with van der Waals surface area (Å²) < 4.78 is 9.57. The lowest BCUT2D eigenvalue weighted by Crippen LogP contribution is -2.54. The van der Waals surface area contributed by atoms with Crippen molar-refractivity contribution in [3.63, 3.8) is 0 Å². The van der Waals surface area contributed by atoms with Crippen molar-refractivity contribution in [2.45, 2.75) is 63.7 Å². The molecule has 0 heterocycles. The number of carbonyl (C=O) groups excluding carboxylic acids is 2. The predicted octanol–water partition coefficient (Wildman–Crippen LogP) is 4.07. The second-order valence-corrected chi connectivity index (χ2v) is 9.11. The Kier molecular flexibility index (Phi) is 7.35. The summed E-state index contributed by atoms with van der Waals surface area (Å²) in [6.45, 7) is 11.2. The lowest BCUT2D eigenvalue weighted by atomic mass is 10.0. The molecule has 1 rings (SSSR count). The monoisotopic (exact) mass is 367 g/mol. The molecule has 0 aliphatic carbocycles. The Hall–Kier alpha value is -1.69. The second-order valence-electron chi connectivity index (χ2n) is 7.48. The summed E-state index contributed by atoms with van der Waals surface area (Å²) in [5.41, 5.74) is 1.72. The van der Waals surface area contributed by atoms with Gasteiger partial charge in [0, 0.05) is 10.5 Å². The van der Waals surface area contributed by atoms with Gasteiger partial charge in [0.25, 0.3) is 0 Å². The molecule has 0 spiro atoms. The Balaban J connectivity index is 2.82. The molecule has 0 fully saturated rings. The summed E-state index contributed by atoms with van der Waals surface area (Å²) >= 11 is 1.58. The predicted molar refractivity (Wildman–Crippen MR) is 102 cm³/mol. The molecule has 1 amide bonds. The number of benzene rings is 1. The Bertz CT molecular complexity index is 590. The van der Waals surface area contributed by atoms with E-state index in [4.69, 9.17) is 9.47 Å². The molecule has 1 atom stereocenters. The van der Waals surface area contributed by atoms with Crippen LogP contribution >= 0.6 is 11.8 Å². The van der Waals surface area contributed by atoms with E-state index in [1.54, 1.807) is 32.5 Å². The van der Waals surface area contributed by atoms with Crippen LogP contribution < -0.4 is 5.32 Å². The van der Waals surface area contributed by atoms with Crippen LogP contribution in [0.2, 0.25) is 0 Å². The number of carbonyl (C=O) groups is 2. The highest BCUT2D eigenvalue weighted by Crippen LogP contribution is 2.32. The van der Waals surface area contributed by atoms with Crippen molar-refractivity contribution in [3.8, 4) is 0 Å². The third kappa shape index (κ3) is 7.38. The number of hydrogen-bond donors (Lipinski definition) is 1. The minimum Gasteiger partial charge on any atom is -0.467 e. The first kappa shape index (κ1) is 21.4. The van der Waals surface area contributed by atoms with Crippen molar-refractivity contribution in [2.75, 3.05) is 7.11 Å². The van der Waals surface area contributed by atoms with E-state index in [1.165, 1.54) is 12.7 Å². The van der Waals surface area contributed by atoms with Crippen LogP contribution in [0.4, 0.5) is 4.79 Å². The number of hydrogen-bond acceptors (Lipinski definition) is 5. The fourth-order valence-corrected chi connectivity index (χ4v) is 3.15. The van der Waals surface area contributed by atoms with Crippen molar-refractivity contribution in [3.05, 3.63) is 35.4 Å². The van der Waals surface area contributed by atoms with Crippen LogP contribution in [-0.4, -0.2) is 35.6 Å². The van der Waals surface area contributed by atoms with E-state index in [9.17, 15) is 9.59 Å². The smallest absolute Gasteiger partial charge is 0.408 e. The van der Waals surface area contributed by atoms with Crippen LogP contribution in [0, 0.1) is 6.92 Å². The first-order chi connectivity index (χ1) is 11.4. The number of ether oxygens (including phenoxy) is 2. The van der Waals surface area contributed by atoms with Gasteiger partial charge in [0.2, 0.25) is 0 Å². The van der Waals surface area contributed by atoms with Gasteiger partial charge in [-0.1, -0.05) is 29.8 Å². The molecule has 0 saturated heterocycles. The van der Waals surface area contributed by atoms with Crippen LogP contribution in [0.1, 0.15) is 45.7 Å².